The van der Waals surface area contributed by atoms with E-state index in [1.165, 1.54) is 6.07 Å². The SMILES string of the molecule is CC#CC(=O)N1CCC2CN(c3c(F)cc(CC(N)=O)c4[nH]c5ccccc5c34)CC21. The van der Waals surface area contributed by atoms with Gasteiger partial charge in [-0.25, -0.2) is 4.39 Å². The van der Waals surface area contributed by atoms with Crippen molar-refractivity contribution in [1.82, 2.24) is 9.88 Å². The number of rotatable bonds is 3. The molecule has 2 aromatic carbocycles. The number of nitrogens with zero attached hydrogens (tertiary/aromatic N) is 2. The molecular formula is C24H23FN4O2. The van der Waals surface area contributed by atoms with E-state index in [-0.39, 0.29) is 30.1 Å². The van der Waals surface area contributed by atoms with Crippen molar-refractivity contribution >= 4 is 39.3 Å². The third-order valence-electron chi connectivity index (χ3n) is 6.51. The molecule has 6 nitrogen and oxygen atoms in total. The summed E-state index contributed by atoms with van der Waals surface area (Å²) in [6, 6.07) is 9.17. The number of fused-ring (bicyclic) bond motifs is 4. The Morgan fingerprint density at radius 1 is 1.29 bits per heavy atom. The number of amides is 2. The fourth-order valence-corrected chi connectivity index (χ4v) is 5.25. The number of aromatic nitrogens is 1. The van der Waals surface area contributed by atoms with E-state index in [0.29, 0.717) is 30.9 Å². The molecule has 2 atom stereocenters. The van der Waals surface area contributed by atoms with Crippen LogP contribution in [-0.4, -0.2) is 47.4 Å². The Hall–Kier alpha value is -3.53. The predicted octanol–water partition coefficient (Wildman–Crippen LogP) is 2.55. The van der Waals surface area contributed by atoms with Crippen LogP contribution in [0.4, 0.5) is 10.1 Å². The van der Waals surface area contributed by atoms with Crippen LogP contribution in [0.15, 0.2) is 30.3 Å². The molecule has 2 fully saturated rings. The molecule has 31 heavy (non-hydrogen) atoms. The molecule has 2 aliphatic heterocycles. The lowest BCUT2D eigenvalue weighted by Gasteiger charge is -2.25. The lowest BCUT2D eigenvalue weighted by molar-refractivity contribution is -0.125. The Morgan fingerprint density at radius 3 is 2.87 bits per heavy atom. The van der Waals surface area contributed by atoms with Crippen LogP contribution in [0.2, 0.25) is 0 Å². The molecule has 2 amide bonds. The highest BCUT2D eigenvalue weighted by Crippen LogP contribution is 2.42. The van der Waals surface area contributed by atoms with Crippen molar-refractivity contribution in [3.05, 3.63) is 41.7 Å². The molecule has 0 aliphatic carbocycles. The maximum absolute atomic E-state index is 15.5. The average Bonchev–Trinajstić information content (AvgIpc) is 3.40. The van der Waals surface area contributed by atoms with Gasteiger partial charge in [0.15, 0.2) is 0 Å². The van der Waals surface area contributed by atoms with E-state index < -0.39 is 5.91 Å². The Kier molecular flexibility index (Phi) is 4.58. The standard InChI is InChI=1S/C24H23FN4O2/c1-2-5-21(31)29-9-8-14-12-28(13-19(14)29)24-17(25)10-15(11-20(26)30)23-22(24)16-6-3-4-7-18(16)27-23/h3-4,6-7,10,14,19,27H,8-9,11-13H2,1H3,(H2,26,30). The van der Waals surface area contributed by atoms with Crippen molar-refractivity contribution in [3.8, 4) is 11.8 Å². The Bertz CT molecular complexity index is 1290. The quantitative estimate of drug-likeness (QED) is 0.642. The smallest absolute Gasteiger partial charge is 0.298 e. The highest BCUT2D eigenvalue weighted by molar-refractivity contribution is 6.15. The van der Waals surface area contributed by atoms with Gasteiger partial charge in [-0.1, -0.05) is 24.1 Å². The van der Waals surface area contributed by atoms with Gasteiger partial charge in [0.05, 0.1) is 23.7 Å². The third kappa shape index (κ3) is 3.10. The number of nitrogens with one attached hydrogen (secondary N) is 1. The van der Waals surface area contributed by atoms with Crippen LogP contribution < -0.4 is 10.6 Å². The van der Waals surface area contributed by atoms with Crippen LogP contribution in [0.25, 0.3) is 21.8 Å². The fraction of sp³-hybridized carbons (Fsp3) is 0.333. The summed E-state index contributed by atoms with van der Waals surface area (Å²) in [5.74, 6) is 4.56. The molecule has 3 N–H and O–H groups in total. The molecule has 2 saturated heterocycles. The molecule has 7 heteroatoms. The molecule has 2 unspecified atom stereocenters. The van der Waals surface area contributed by atoms with Gasteiger partial charge in [-0.2, -0.15) is 0 Å². The Morgan fingerprint density at radius 2 is 2.10 bits per heavy atom. The minimum atomic E-state index is -0.506. The van der Waals surface area contributed by atoms with E-state index >= 15 is 4.39 Å². The number of carbonyl (C=O) groups excluding carboxylic acids is 2. The zero-order valence-electron chi connectivity index (χ0n) is 17.2. The lowest BCUT2D eigenvalue weighted by atomic mass is 10.0. The number of aromatic amines is 1. The maximum Gasteiger partial charge on any atom is 0.298 e. The molecule has 0 bridgehead atoms. The van der Waals surface area contributed by atoms with Crippen LogP contribution in [0.3, 0.4) is 0 Å². The second-order valence-electron chi connectivity index (χ2n) is 8.32. The van der Waals surface area contributed by atoms with Gasteiger partial charge in [0, 0.05) is 41.8 Å². The number of carbonyl (C=O) groups is 2. The first-order valence-electron chi connectivity index (χ1n) is 10.5. The van der Waals surface area contributed by atoms with E-state index in [4.69, 9.17) is 5.73 Å². The van der Waals surface area contributed by atoms with Gasteiger partial charge in [0.2, 0.25) is 5.91 Å². The topological polar surface area (TPSA) is 82.4 Å². The van der Waals surface area contributed by atoms with E-state index in [1.54, 1.807) is 6.92 Å². The first-order chi connectivity index (χ1) is 15.0. The van der Waals surface area contributed by atoms with Crippen LogP contribution in [-0.2, 0) is 16.0 Å². The summed E-state index contributed by atoms with van der Waals surface area (Å²) in [6.07, 6.45) is 0.848. The van der Waals surface area contributed by atoms with Gasteiger partial charge in [-0.15, -0.1) is 0 Å². The molecule has 3 heterocycles. The minimum absolute atomic E-state index is 0.0262. The molecule has 1 aromatic heterocycles. The van der Waals surface area contributed by atoms with Crippen LogP contribution in [0, 0.1) is 23.6 Å². The summed E-state index contributed by atoms with van der Waals surface area (Å²) in [6.45, 7) is 3.58. The molecule has 0 radical (unpaired) electrons. The molecule has 2 aliphatic rings. The molecule has 0 saturated carbocycles. The third-order valence-corrected chi connectivity index (χ3v) is 6.51. The van der Waals surface area contributed by atoms with Crippen molar-refractivity contribution in [3.63, 3.8) is 0 Å². The number of anilines is 1. The Balaban J connectivity index is 1.62. The number of para-hydroxylation sites is 1. The summed E-state index contributed by atoms with van der Waals surface area (Å²) in [7, 11) is 0. The van der Waals surface area contributed by atoms with Crippen molar-refractivity contribution < 1.29 is 14.0 Å². The van der Waals surface area contributed by atoms with Crippen molar-refractivity contribution in [2.24, 2.45) is 11.7 Å². The summed E-state index contributed by atoms with van der Waals surface area (Å²) >= 11 is 0. The van der Waals surface area contributed by atoms with Crippen LogP contribution in [0.1, 0.15) is 18.9 Å². The van der Waals surface area contributed by atoms with Crippen molar-refractivity contribution in [2.75, 3.05) is 24.5 Å². The number of benzene rings is 2. The Labute approximate surface area is 179 Å². The van der Waals surface area contributed by atoms with E-state index in [9.17, 15) is 9.59 Å². The fourth-order valence-electron chi connectivity index (χ4n) is 5.25. The molecular weight excluding hydrogens is 395 g/mol. The first kappa shape index (κ1) is 19.4. The van der Waals surface area contributed by atoms with Gasteiger partial charge in [-0.05, 0) is 37.0 Å². The van der Waals surface area contributed by atoms with E-state index in [0.717, 1.165) is 28.2 Å². The first-order valence-corrected chi connectivity index (χ1v) is 10.5. The average molecular weight is 418 g/mol. The number of likely N-dealkylation sites (tertiary alicyclic amines) is 1. The van der Waals surface area contributed by atoms with Gasteiger partial charge in [0.1, 0.15) is 5.82 Å². The number of H-pyrrole nitrogens is 1. The van der Waals surface area contributed by atoms with Crippen LogP contribution in [0.5, 0.6) is 0 Å². The normalized spacial score (nSPS) is 20.2. The summed E-state index contributed by atoms with van der Waals surface area (Å²) in [4.78, 5) is 31.2. The summed E-state index contributed by atoms with van der Waals surface area (Å²) in [5, 5.41) is 1.66. The zero-order valence-corrected chi connectivity index (χ0v) is 17.2. The molecule has 3 aromatic rings. The van der Waals surface area contributed by atoms with Crippen LogP contribution >= 0.6 is 0 Å². The second kappa shape index (κ2) is 7.31. The minimum Gasteiger partial charge on any atom is -0.369 e. The molecule has 5 rings (SSSR count). The second-order valence-corrected chi connectivity index (χ2v) is 8.32. The number of halogens is 1. The molecule has 158 valence electrons. The predicted molar refractivity (Wildman–Crippen MR) is 118 cm³/mol. The number of nitrogens with two attached hydrogens (primary N) is 1. The van der Waals surface area contributed by atoms with Gasteiger partial charge < -0.3 is 20.5 Å². The van der Waals surface area contributed by atoms with E-state index in [1.807, 2.05) is 34.1 Å². The van der Waals surface area contributed by atoms with Gasteiger partial charge in [-0.3, -0.25) is 9.59 Å². The number of hydrogen-bond donors (Lipinski definition) is 2. The monoisotopic (exact) mass is 418 g/mol. The van der Waals surface area contributed by atoms with Crippen molar-refractivity contribution in [1.29, 1.82) is 0 Å². The van der Waals surface area contributed by atoms with Gasteiger partial charge in [0.25, 0.3) is 5.91 Å². The zero-order chi connectivity index (χ0) is 21.7. The largest absolute Gasteiger partial charge is 0.369 e. The summed E-state index contributed by atoms with van der Waals surface area (Å²) in [5.41, 5.74) is 8.10. The number of hydrogen-bond acceptors (Lipinski definition) is 3. The molecule has 0 spiro atoms. The highest BCUT2D eigenvalue weighted by atomic mass is 19.1. The van der Waals surface area contributed by atoms with E-state index in [2.05, 4.69) is 16.8 Å². The van der Waals surface area contributed by atoms with Gasteiger partial charge >= 0.3 is 0 Å². The maximum atomic E-state index is 15.5. The summed E-state index contributed by atoms with van der Waals surface area (Å²) < 4.78 is 15.5. The highest BCUT2D eigenvalue weighted by Gasteiger charge is 2.44. The van der Waals surface area contributed by atoms with Crippen molar-refractivity contribution in [2.45, 2.75) is 25.8 Å². The number of primary amides is 1. The lowest BCUT2D eigenvalue weighted by Crippen LogP contribution is -2.39.